The monoisotopic (exact) mass is 382 g/mol. The summed E-state index contributed by atoms with van der Waals surface area (Å²) in [6, 6.07) is 15.5. The summed E-state index contributed by atoms with van der Waals surface area (Å²) in [4.78, 5) is 16.7. The maximum atomic E-state index is 12.2. The largest absolute Gasteiger partial charge is 0.493 e. The van der Waals surface area contributed by atoms with Gasteiger partial charge in [-0.15, -0.1) is 11.3 Å². The van der Waals surface area contributed by atoms with E-state index in [-0.39, 0.29) is 12.5 Å². The van der Waals surface area contributed by atoms with Crippen molar-refractivity contribution >= 4 is 22.4 Å². The van der Waals surface area contributed by atoms with Crippen molar-refractivity contribution in [2.75, 3.05) is 18.5 Å². The Kier molecular flexibility index (Phi) is 6.44. The van der Waals surface area contributed by atoms with Gasteiger partial charge in [-0.25, -0.2) is 4.98 Å². The zero-order valence-corrected chi connectivity index (χ0v) is 16.2. The molecule has 0 saturated heterocycles. The van der Waals surface area contributed by atoms with Crippen molar-refractivity contribution < 1.29 is 14.3 Å². The molecule has 3 rings (SSSR count). The highest BCUT2D eigenvalue weighted by Gasteiger charge is 2.12. The molecule has 6 heteroatoms. The van der Waals surface area contributed by atoms with Crippen molar-refractivity contribution in [1.82, 2.24) is 4.98 Å². The van der Waals surface area contributed by atoms with Gasteiger partial charge in [0.15, 0.2) is 11.7 Å². The van der Waals surface area contributed by atoms with Crippen LogP contribution in [-0.2, 0) is 11.2 Å². The molecule has 0 aliphatic heterocycles. The summed E-state index contributed by atoms with van der Waals surface area (Å²) in [5, 5.41) is 5.23. The molecule has 1 N–H and O–H groups in total. The Morgan fingerprint density at radius 3 is 2.56 bits per heavy atom. The number of ether oxygens (including phenoxy) is 2. The van der Waals surface area contributed by atoms with Gasteiger partial charge in [-0.1, -0.05) is 37.3 Å². The number of rotatable bonds is 8. The smallest absolute Gasteiger partial charge is 0.264 e. The summed E-state index contributed by atoms with van der Waals surface area (Å²) < 4.78 is 11.3. The van der Waals surface area contributed by atoms with Crippen LogP contribution >= 0.6 is 11.3 Å². The summed E-state index contributed by atoms with van der Waals surface area (Å²) in [5.41, 5.74) is 2.76. The number of anilines is 1. The van der Waals surface area contributed by atoms with Crippen molar-refractivity contribution in [2.45, 2.75) is 20.3 Å². The van der Waals surface area contributed by atoms with E-state index in [0.717, 1.165) is 34.7 Å². The van der Waals surface area contributed by atoms with Crippen molar-refractivity contribution in [3.8, 4) is 22.8 Å². The normalized spacial score (nSPS) is 10.4. The molecule has 1 aromatic heterocycles. The maximum absolute atomic E-state index is 12.2. The van der Waals surface area contributed by atoms with Gasteiger partial charge in [0.25, 0.3) is 5.91 Å². The lowest BCUT2D eigenvalue weighted by Crippen LogP contribution is -2.20. The van der Waals surface area contributed by atoms with Crippen molar-refractivity contribution in [3.05, 3.63) is 59.5 Å². The molecule has 0 saturated carbocycles. The Hall–Kier alpha value is -2.86. The van der Waals surface area contributed by atoms with Crippen LogP contribution < -0.4 is 14.8 Å². The Bertz CT molecular complexity index is 908. The Morgan fingerprint density at radius 2 is 1.78 bits per heavy atom. The lowest BCUT2D eigenvalue weighted by atomic mass is 10.1. The number of carbonyl (C=O) groups excluding carboxylic acids is 1. The molecule has 0 bridgehead atoms. The predicted molar refractivity (Wildman–Crippen MR) is 109 cm³/mol. The zero-order valence-electron chi connectivity index (χ0n) is 15.4. The van der Waals surface area contributed by atoms with Crippen LogP contribution in [0.25, 0.3) is 11.3 Å². The second kappa shape index (κ2) is 9.19. The van der Waals surface area contributed by atoms with Crippen LogP contribution in [0.5, 0.6) is 11.5 Å². The van der Waals surface area contributed by atoms with Gasteiger partial charge in [0.05, 0.1) is 12.3 Å². The first-order valence-corrected chi connectivity index (χ1v) is 9.77. The highest BCUT2D eigenvalue weighted by atomic mass is 32.1. The summed E-state index contributed by atoms with van der Waals surface area (Å²) >= 11 is 1.37. The van der Waals surface area contributed by atoms with E-state index < -0.39 is 0 Å². The molecule has 5 nitrogen and oxygen atoms in total. The van der Waals surface area contributed by atoms with E-state index in [1.807, 2.05) is 60.8 Å². The highest BCUT2D eigenvalue weighted by Crippen LogP contribution is 2.32. The molecule has 2 aromatic carbocycles. The first kappa shape index (κ1) is 18.9. The zero-order chi connectivity index (χ0) is 19.1. The second-order valence-electron chi connectivity index (χ2n) is 5.77. The van der Waals surface area contributed by atoms with E-state index in [1.54, 1.807) is 0 Å². The minimum Gasteiger partial charge on any atom is -0.493 e. The van der Waals surface area contributed by atoms with Gasteiger partial charge < -0.3 is 9.47 Å². The minimum atomic E-state index is -0.236. The molecule has 0 aliphatic carbocycles. The number of nitrogens with zero attached hydrogens (tertiary/aromatic N) is 1. The average molecular weight is 382 g/mol. The molecule has 140 valence electrons. The fourth-order valence-corrected chi connectivity index (χ4v) is 3.38. The first-order chi connectivity index (χ1) is 13.2. The minimum absolute atomic E-state index is 0.0541. The standard InChI is InChI=1S/C21H22N2O3S/c1-3-15-9-5-7-11-18(15)26-13-20(24)23-21-22-17(14-27-21)16-10-6-8-12-19(16)25-4-2/h5-12,14H,3-4,13H2,1-2H3,(H,22,23,24). The van der Waals surface area contributed by atoms with E-state index in [0.29, 0.717) is 11.7 Å². The summed E-state index contributed by atoms with van der Waals surface area (Å²) in [5.74, 6) is 1.28. The van der Waals surface area contributed by atoms with Crippen molar-refractivity contribution in [1.29, 1.82) is 0 Å². The second-order valence-corrected chi connectivity index (χ2v) is 6.62. The van der Waals surface area contributed by atoms with Gasteiger partial charge in [-0.05, 0) is 37.1 Å². The Labute approximate surface area is 163 Å². The van der Waals surface area contributed by atoms with Gasteiger partial charge in [0.2, 0.25) is 0 Å². The molecule has 3 aromatic rings. The Balaban J connectivity index is 1.63. The van der Waals surface area contributed by atoms with Crippen molar-refractivity contribution in [3.63, 3.8) is 0 Å². The summed E-state index contributed by atoms with van der Waals surface area (Å²) in [6.45, 7) is 4.53. The quantitative estimate of drug-likeness (QED) is 0.609. The van der Waals surface area contributed by atoms with Crippen LogP contribution in [0, 0.1) is 0 Å². The molecule has 0 atom stereocenters. The molecule has 0 unspecified atom stereocenters. The van der Waals surface area contributed by atoms with Crippen LogP contribution in [-0.4, -0.2) is 24.1 Å². The number of amides is 1. The van der Waals surface area contributed by atoms with Gasteiger partial charge in [-0.3, -0.25) is 10.1 Å². The Morgan fingerprint density at radius 1 is 1.04 bits per heavy atom. The molecular weight excluding hydrogens is 360 g/mol. The van der Waals surface area contributed by atoms with Gasteiger partial charge >= 0.3 is 0 Å². The maximum Gasteiger partial charge on any atom is 0.264 e. The molecule has 0 spiro atoms. The lowest BCUT2D eigenvalue weighted by molar-refractivity contribution is -0.118. The first-order valence-electron chi connectivity index (χ1n) is 8.89. The van der Waals surface area contributed by atoms with E-state index in [1.165, 1.54) is 11.3 Å². The molecule has 0 aliphatic rings. The molecule has 1 amide bonds. The molecule has 0 radical (unpaired) electrons. The molecule has 0 fully saturated rings. The van der Waals surface area contributed by atoms with Crippen molar-refractivity contribution in [2.24, 2.45) is 0 Å². The fourth-order valence-electron chi connectivity index (χ4n) is 2.65. The van der Waals surface area contributed by atoms with E-state index >= 15 is 0 Å². The third kappa shape index (κ3) is 4.86. The number of thiazole rings is 1. The molecule has 27 heavy (non-hydrogen) atoms. The fraction of sp³-hybridized carbons (Fsp3) is 0.238. The number of nitrogens with one attached hydrogen (secondary N) is 1. The third-order valence-electron chi connectivity index (χ3n) is 3.93. The number of aromatic nitrogens is 1. The van der Waals surface area contributed by atoms with Gasteiger partial charge in [-0.2, -0.15) is 0 Å². The van der Waals surface area contributed by atoms with E-state index in [9.17, 15) is 4.79 Å². The van der Waals surface area contributed by atoms with Crippen LogP contribution in [0.3, 0.4) is 0 Å². The van der Waals surface area contributed by atoms with Crippen LogP contribution in [0.2, 0.25) is 0 Å². The van der Waals surface area contributed by atoms with Gasteiger partial charge in [0.1, 0.15) is 11.5 Å². The average Bonchev–Trinajstić information content (AvgIpc) is 3.15. The lowest BCUT2D eigenvalue weighted by Gasteiger charge is -2.09. The van der Waals surface area contributed by atoms with E-state index in [4.69, 9.17) is 9.47 Å². The van der Waals surface area contributed by atoms with Crippen LogP contribution in [0.15, 0.2) is 53.9 Å². The van der Waals surface area contributed by atoms with Gasteiger partial charge in [0, 0.05) is 10.9 Å². The molecular formula is C21H22N2O3S. The number of hydrogen-bond acceptors (Lipinski definition) is 5. The van der Waals surface area contributed by atoms with Crippen LogP contribution in [0.1, 0.15) is 19.4 Å². The van der Waals surface area contributed by atoms with E-state index in [2.05, 4.69) is 17.2 Å². The SMILES string of the molecule is CCOc1ccccc1-c1csc(NC(=O)COc2ccccc2CC)n1. The topological polar surface area (TPSA) is 60.5 Å². The number of carbonyl (C=O) groups is 1. The highest BCUT2D eigenvalue weighted by molar-refractivity contribution is 7.14. The number of aryl methyl sites for hydroxylation is 1. The third-order valence-corrected chi connectivity index (χ3v) is 4.68. The predicted octanol–water partition coefficient (Wildman–Crippen LogP) is 4.79. The van der Waals surface area contributed by atoms with Crippen LogP contribution in [0.4, 0.5) is 5.13 Å². The number of para-hydroxylation sites is 2. The summed E-state index contributed by atoms with van der Waals surface area (Å²) in [6.07, 6.45) is 0.854. The summed E-state index contributed by atoms with van der Waals surface area (Å²) in [7, 11) is 0. The number of hydrogen-bond donors (Lipinski definition) is 1. The number of benzene rings is 2. The molecule has 1 heterocycles.